The van der Waals surface area contributed by atoms with Crippen molar-refractivity contribution in [1.82, 2.24) is 10.6 Å². The molecule has 0 aliphatic heterocycles. The molecule has 0 radical (unpaired) electrons. The van der Waals surface area contributed by atoms with Crippen molar-refractivity contribution in [3.63, 3.8) is 0 Å². The summed E-state index contributed by atoms with van der Waals surface area (Å²) in [5.41, 5.74) is 0.263. The fourth-order valence-corrected chi connectivity index (χ4v) is 3.38. The summed E-state index contributed by atoms with van der Waals surface area (Å²) in [7, 11) is 1.70. The van der Waals surface area contributed by atoms with Crippen molar-refractivity contribution in [2.45, 2.75) is 57.0 Å². The standard InChI is InChI=1S/C22H29F3N2O2/c1-3-4-10-19(26-2)20(28)27-16-15-21(29-22(23,24)25)13-11-18(12-14-21)17-8-6-5-7-9-17/h5-9,11-13,19,26H,3-4,10,14-16H2,1-2H3,(H,27,28). The number of unbranched alkanes of at least 4 members (excludes halogenated alkanes) is 1. The van der Waals surface area contributed by atoms with Crippen molar-refractivity contribution < 1.29 is 22.7 Å². The lowest BCUT2D eigenvalue weighted by Crippen LogP contribution is -2.45. The zero-order valence-corrected chi connectivity index (χ0v) is 16.9. The first kappa shape index (κ1) is 23.2. The Hall–Kier alpha value is -2.12. The van der Waals surface area contributed by atoms with Crippen LogP contribution in [0.2, 0.25) is 0 Å². The summed E-state index contributed by atoms with van der Waals surface area (Å²) >= 11 is 0. The van der Waals surface area contributed by atoms with Crippen LogP contribution in [0, 0.1) is 0 Å². The predicted octanol–water partition coefficient (Wildman–Crippen LogP) is 4.59. The summed E-state index contributed by atoms with van der Waals surface area (Å²) < 4.78 is 43.6. The Morgan fingerprint density at radius 2 is 2.00 bits per heavy atom. The summed E-state index contributed by atoms with van der Waals surface area (Å²) in [5.74, 6) is -0.205. The molecule has 0 spiro atoms. The van der Waals surface area contributed by atoms with Crippen LogP contribution in [0.15, 0.2) is 48.6 Å². The third kappa shape index (κ3) is 7.33. The molecule has 2 N–H and O–H groups in total. The number of hydrogen-bond donors (Lipinski definition) is 2. The molecule has 2 rings (SSSR count). The van der Waals surface area contributed by atoms with Crippen LogP contribution in [0.3, 0.4) is 0 Å². The van der Waals surface area contributed by atoms with Gasteiger partial charge in [0.05, 0.1) is 6.04 Å². The van der Waals surface area contributed by atoms with Gasteiger partial charge in [0.2, 0.25) is 5.91 Å². The third-order valence-electron chi connectivity index (χ3n) is 5.02. The second-order valence-corrected chi connectivity index (χ2v) is 7.20. The van der Waals surface area contributed by atoms with Crippen LogP contribution in [0.4, 0.5) is 13.2 Å². The monoisotopic (exact) mass is 410 g/mol. The fourth-order valence-electron chi connectivity index (χ4n) is 3.38. The molecule has 4 nitrogen and oxygen atoms in total. The quantitative estimate of drug-likeness (QED) is 0.593. The Labute approximate surface area is 170 Å². The smallest absolute Gasteiger partial charge is 0.355 e. The highest BCUT2D eigenvalue weighted by atomic mass is 19.4. The minimum Gasteiger partial charge on any atom is -0.355 e. The van der Waals surface area contributed by atoms with E-state index in [1.807, 2.05) is 37.3 Å². The van der Waals surface area contributed by atoms with E-state index in [0.717, 1.165) is 24.0 Å². The van der Waals surface area contributed by atoms with Crippen molar-refractivity contribution in [3.8, 4) is 0 Å². The Morgan fingerprint density at radius 1 is 1.28 bits per heavy atom. The number of rotatable bonds is 10. The molecule has 7 heteroatoms. The van der Waals surface area contributed by atoms with Gasteiger partial charge >= 0.3 is 6.36 Å². The van der Waals surface area contributed by atoms with E-state index >= 15 is 0 Å². The minimum atomic E-state index is -4.76. The molecule has 1 aromatic carbocycles. The van der Waals surface area contributed by atoms with Crippen LogP contribution in [-0.4, -0.2) is 37.5 Å². The average molecular weight is 410 g/mol. The second-order valence-electron chi connectivity index (χ2n) is 7.20. The Balaban J connectivity index is 2.02. The van der Waals surface area contributed by atoms with Gasteiger partial charge in [-0.25, -0.2) is 0 Å². The zero-order chi connectivity index (χ0) is 21.3. The summed E-state index contributed by atoms with van der Waals surface area (Å²) in [6.07, 6.45) is 2.76. The molecule has 0 saturated carbocycles. The fraction of sp³-hybridized carbons (Fsp3) is 0.500. The van der Waals surface area contributed by atoms with Gasteiger partial charge in [0.15, 0.2) is 0 Å². The summed E-state index contributed by atoms with van der Waals surface area (Å²) in [4.78, 5) is 12.3. The van der Waals surface area contributed by atoms with Gasteiger partial charge in [0.25, 0.3) is 0 Å². The molecule has 1 aromatic rings. The van der Waals surface area contributed by atoms with Crippen LogP contribution in [0.5, 0.6) is 0 Å². The van der Waals surface area contributed by atoms with Crippen molar-refractivity contribution in [2.24, 2.45) is 0 Å². The molecule has 0 saturated heterocycles. The number of carbonyl (C=O) groups is 1. The van der Waals surface area contributed by atoms with E-state index in [4.69, 9.17) is 0 Å². The zero-order valence-electron chi connectivity index (χ0n) is 16.9. The molecule has 160 valence electrons. The van der Waals surface area contributed by atoms with Gasteiger partial charge in [-0.3, -0.25) is 9.53 Å². The van der Waals surface area contributed by atoms with Crippen molar-refractivity contribution in [3.05, 3.63) is 54.1 Å². The molecule has 29 heavy (non-hydrogen) atoms. The van der Waals surface area contributed by atoms with E-state index in [-0.39, 0.29) is 31.3 Å². The number of nitrogens with one attached hydrogen (secondary N) is 2. The first-order valence-electron chi connectivity index (χ1n) is 9.95. The van der Waals surface area contributed by atoms with Crippen molar-refractivity contribution >= 4 is 11.5 Å². The molecule has 0 heterocycles. The first-order chi connectivity index (χ1) is 13.8. The maximum Gasteiger partial charge on any atom is 0.523 e. The van der Waals surface area contributed by atoms with Crippen LogP contribution in [0.1, 0.15) is 44.6 Å². The number of carbonyl (C=O) groups excluding carboxylic acids is 1. The van der Waals surface area contributed by atoms with Gasteiger partial charge in [-0.15, -0.1) is 13.2 Å². The molecule has 2 atom stereocenters. The molecule has 0 fully saturated rings. The number of hydrogen-bond acceptors (Lipinski definition) is 3. The third-order valence-corrected chi connectivity index (χ3v) is 5.02. The summed E-state index contributed by atoms with van der Waals surface area (Å²) in [5, 5.41) is 5.69. The van der Waals surface area contributed by atoms with Crippen LogP contribution >= 0.6 is 0 Å². The molecule has 1 amide bonds. The van der Waals surface area contributed by atoms with E-state index in [9.17, 15) is 18.0 Å². The largest absolute Gasteiger partial charge is 0.523 e. The van der Waals surface area contributed by atoms with Gasteiger partial charge in [-0.05, 0) is 37.4 Å². The molecule has 2 unspecified atom stereocenters. The maximum absolute atomic E-state index is 13.0. The van der Waals surface area contributed by atoms with E-state index in [1.165, 1.54) is 6.08 Å². The van der Waals surface area contributed by atoms with Crippen LogP contribution in [-0.2, 0) is 9.53 Å². The van der Waals surface area contributed by atoms with Crippen molar-refractivity contribution in [2.75, 3.05) is 13.6 Å². The summed E-state index contributed by atoms with van der Waals surface area (Å²) in [6, 6.07) is 9.11. The van der Waals surface area contributed by atoms with Gasteiger partial charge in [-0.1, -0.05) is 68.3 Å². The number of likely N-dealkylation sites (N-methyl/N-ethyl adjacent to an activating group) is 1. The van der Waals surface area contributed by atoms with Gasteiger partial charge in [-0.2, -0.15) is 0 Å². The van der Waals surface area contributed by atoms with Crippen LogP contribution < -0.4 is 10.6 Å². The molecule has 0 bridgehead atoms. The van der Waals surface area contributed by atoms with Gasteiger partial charge in [0.1, 0.15) is 5.60 Å². The van der Waals surface area contributed by atoms with E-state index < -0.39 is 12.0 Å². The number of ether oxygens (including phenoxy) is 1. The van der Waals surface area contributed by atoms with Gasteiger partial charge in [0, 0.05) is 6.54 Å². The highest BCUT2D eigenvalue weighted by Crippen LogP contribution is 2.36. The predicted molar refractivity (Wildman–Crippen MR) is 108 cm³/mol. The van der Waals surface area contributed by atoms with E-state index in [0.29, 0.717) is 6.42 Å². The minimum absolute atomic E-state index is 0.0253. The molecule has 1 aliphatic rings. The normalized spacial score (nSPS) is 20.2. The maximum atomic E-state index is 13.0. The lowest BCUT2D eigenvalue weighted by atomic mass is 9.87. The second kappa shape index (κ2) is 10.6. The Kier molecular flexibility index (Phi) is 8.46. The number of amides is 1. The number of halogens is 3. The first-order valence-corrected chi connectivity index (χ1v) is 9.95. The average Bonchev–Trinajstić information content (AvgIpc) is 2.68. The van der Waals surface area contributed by atoms with E-state index in [1.54, 1.807) is 19.2 Å². The highest BCUT2D eigenvalue weighted by molar-refractivity contribution is 5.81. The number of allylic oxidation sites excluding steroid dienone is 2. The Bertz CT molecular complexity index is 717. The van der Waals surface area contributed by atoms with Gasteiger partial charge < -0.3 is 10.6 Å². The molecule has 1 aliphatic carbocycles. The van der Waals surface area contributed by atoms with E-state index in [2.05, 4.69) is 15.4 Å². The number of alkyl halides is 3. The topological polar surface area (TPSA) is 50.4 Å². The summed E-state index contributed by atoms with van der Waals surface area (Å²) in [6.45, 7) is 2.13. The SMILES string of the molecule is CCCCC(NC)C(=O)NCCC1(OC(F)(F)F)C=CC(c2ccccc2)=CC1. The molecule has 0 aromatic heterocycles. The molecular weight excluding hydrogens is 381 g/mol. The number of benzene rings is 1. The lowest BCUT2D eigenvalue weighted by molar-refractivity contribution is -0.358. The molecular formula is C22H29F3N2O2. The van der Waals surface area contributed by atoms with Crippen LogP contribution in [0.25, 0.3) is 5.57 Å². The Morgan fingerprint density at radius 3 is 2.55 bits per heavy atom. The highest BCUT2D eigenvalue weighted by Gasteiger charge is 2.42. The lowest BCUT2D eigenvalue weighted by Gasteiger charge is -2.33. The van der Waals surface area contributed by atoms with Crippen molar-refractivity contribution in [1.29, 1.82) is 0 Å².